The maximum absolute atomic E-state index is 12.4. The first kappa shape index (κ1) is 18.2. The van der Waals surface area contributed by atoms with E-state index in [4.69, 9.17) is 14.6 Å². The molecule has 2 N–H and O–H groups in total. The summed E-state index contributed by atoms with van der Waals surface area (Å²) in [7, 11) is -0.886. The fourth-order valence-corrected chi connectivity index (χ4v) is 4.37. The zero-order valence-electron chi connectivity index (χ0n) is 13.1. The van der Waals surface area contributed by atoms with Gasteiger partial charge in [0, 0.05) is 0 Å². The van der Waals surface area contributed by atoms with Crippen molar-refractivity contribution in [1.29, 1.82) is 0 Å². The molecule has 0 amide bonds. The number of carboxylic acid groups (broad SMARTS) is 1. The molecule has 0 aliphatic carbocycles. The standard InChI is InChI=1S/C15H17NO6S2/c1-21-12-6-5-10(8-13(12)22-2)11(9-14(17)18)16-24(19,20)15-4-3-7-23-15/h3-8,11,16H,9H2,1-2H3,(H,17,18). The van der Waals surface area contributed by atoms with Gasteiger partial charge in [0.1, 0.15) is 4.21 Å². The largest absolute Gasteiger partial charge is 0.493 e. The molecule has 0 aliphatic heterocycles. The summed E-state index contributed by atoms with van der Waals surface area (Å²) in [4.78, 5) is 11.1. The van der Waals surface area contributed by atoms with E-state index in [-0.39, 0.29) is 4.21 Å². The molecule has 0 spiro atoms. The Morgan fingerprint density at radius 1 is 1.25 bits per heavy atom. The molecule has 0 aliphatic rings. The minimum Gasteiger partial charge on any atom is -0.493 e. The predicted octanol–water partition coefficient (Wildman–Crippen LogP) is 2.26. The van der Waals surface area contributed by atoms with Crippen molar-refractivity contribution < 1.29 is 27.8 Å². The molecule has 130 valence electrons. The summed E-state index contributed by atoms with van der Waals surface area (Å²) < 4.78 is 37.7. The van der Waals surface area contributed by atoms with Crippen molar-refractivity contribution in [2.45, 2.75) is 16.7 Å². The molecular formula is C15H17NO6S2. The van der Waals surface area contributed by atoms with Crippen molar-refractivity contribution >= 4 is 27.3 Å². The number of benzene rings is 1. The number of hydrogen-bond donors (Lipinski definition) is 2. The average Bonchev–Trinajstić information content (AvgIpc) is 3.08. The third-order valence-electron chi connectivity index (χ3n) is 3.25. The maximum Gasteiger partial charge on any atom is 0.305 e. The Hall–Kier alpha value is -2.10. The van der Waals surface area contributed by atoms with Crippen LogP contribution in [0.15, 0.2) is 39.9 Å². The van der Waals surface area contributed by atoms with Gasteiger partial charge in [-0.1, -0.05) is 12.1 Å². The molecule has 0 fully saturated rings. The van der Waals surface area contributed by atoms with Gasteiger partial charge in [0.15, 0.2) is 11.5 Å². The highest BCUT2D eigenvalue weighted by Crippen LogP contribution is 2.32. The summed E-state index contributed by atoms with van der Waals surface area (Å²) >= 11 is 1.06. The summed E-state index contributed by atoms with van der Waals surface area (Å²) in [5, 5.41) is 10.7. The second kappa shape index (κ2) is 7.65. The zero-order chi connectivity index (χ0) is 17.7. The lowest BCUT2D eigenvalue weighted by Crippen LogP contribution is -2.29. The number of rotatable bonds is 8. The second-order valence-electron chi connectivity index (χ2n) is 4.82. The van der Waals surface area contributed by atoms with Gasteiger partial charge in [-0.05, 0) is 29.1 Å². The lowest BCUT2D eigenvalue weighted by atomic mass is 10.0. The van der Waals surface area contributed by atoms with Gasteiger partial charge in [-0.2, -0.15) is 0 Å². The van der Waals surface area contributed by atoms with E-state index in [0.29, 0.717) is 17.1 Å². The SMILES string of the molecule is COc1ccc(C(CC(=O)O)NS(=O)(=O)c2cccs2)cc1OC. The van der Waals surface area contributed by atoms with Gasteiger partial charge in [-0.15, -0.1) is 11.3 Å². The molecule has 0 bridgehead atoms. The van der Waals surface area contributed by atoms with Crippen LogP contribution in [0.4, 0.5) is 0 Å². The number of aliphatic carboxylic acids is 1. The summed E-state index contributed by atoms with van der Waals surface area (Å²) in [6.45, 7) is 0. The van der Waals surface area contributed by atoms with Crippen LogP contribution in [0.1, 0.15) is 18.0 Å². The number of nitrogens with one attached hydrogen (secondary N) is 1. The Morgan fingerprint density at radius 2 is 1.96 bits per heavy atom. The molecule has 1 atom stereocenters. The van der Waals surface area contributed by atoms with Gasteiger partial charge in [0.05, 0.1) is 26.7 Å². The Morgan fingerprint density at radius 3 is 2.50 bits per heavy atom. The van der Waals surface area contributed by atoms with Crippen molar-refractivity contribution in [2.24, 2.45) is 0 Å². The van der Waals surface area contributed by atoms with Crippen LogP contribution in [0.3, 0.4) is 0 Å². The van der Waals surface area contributed by atoms with Crippen LogP contribution in [-0.4, -0.2) is 33.7 Å². The summed E-state index contributed by atoms with van der Waals surface area (Å²) in [6, 6.07) is 6.90. The topological polar surface area (TPSA) is 102 Å². The van der Waals surface area contributed by atoms with Crippen molar-refractivity contribution in [2.75, 3.05) is 14.2 Å². The van der Waals surface area contributed by atoms with Crippen molar-refractivity contribution in [3.05, 3.63) is 41.3 Å². The number of carbonyl (C=O) groups is 1. The van der Waals surface area contributed by atoms with Crippen LogP contribution in [0.25, 0.3) is 0 Å². The maximum atomic E-state index is 12.4. The van der Waals surface area contributed by atoms with E-state index in [0.717, 1.165) is 11.3 Å². The van der Waals surface area contributed by atoms with Gasteiger partial charge in [0.25, 0.3) is 10.0 Å². The van der Waals surface area contributed by atoms with Crippen molar-refractivity contribution in [1.82, 2.24) is 4.72 Å². The molecule has 7 nitrogen and oxygen atoms in total. The second-order valence-corrected chi connectivity index (χ2v) is 7.71. The van der Waals surface area contributed by atoms with Crippen molar-refractivity contribution in [3.8, 4) is 11.5 Å². The van der Waals surface area contributed by atoms with E-state index in [1.807, 2.05) is 0 Å². The summed E-state index contributed by atoms with van der Waals surface area (Å²) in [5.74, 6) is -0.263. The molecular weight excluding hydrogens is 354 g/mol. The number of thiophene rings is 1. The molecule has 1 heterocycles. The van der Waals surface area contributed by atoms with E-state index in [1.54, 1.807) is 29.6 Å². The van der Waals surface area contributed by atoms with E-state index in [2.05, 4.69) is 4.72 Å². The first-order valence-electron chi connectivity index (χ1n) is 6.87. The van der Waals surface area contributed by atoms with Gasteiger partial charge in [0.2, 0.25) is 0 Å². The monoisotopic (exact) mass is 371 g/mol. The number of methoxy groups -OCH3 is 2. The third kappa shape index (κ3) is 4.25. The molecule has 2 aromatic rings. The fraction of sp³-hybridized carbons (Fsp3) is 0.267. The first-order valence-corrected chi connectivity index (χ1v) is 9.23. The Labute approximate surface area is 143 Å². The van der Waals surface area contributed by atoms with Crippen molar-refractivity contribution in [3.63, 3.8) is 0 Å². The van der Waals surface area contributed by atoms with E-state index >= 15 is 0 Å². The molecule has 0 radical (unpaired) electrons. The van der Waals surface area contributed by atoms with Crippen LogP contribution in [0.5, 0.6) is 11.5 Å². The lowest BCUT2D eigenvalue weighted by molar-refractivity contribution is -0.137. The highest BCUT2D eigenvalue weighted by atomic mass is 32.2. The Kier molecular flexibility index (Phi) is 5.81. The van der Waals surface area contributed by atoms with Crippen LogP contribution in [0.2, 0.25) is 0 Å². The molecule has 24 heavy (non-hydrogen) atoms. The highest BCUT2D eigenvalue weighted by Gasteiger charge is 2.25. The molecule has 2 rings (SSSR count). The van der Waals surface area contributed by atoms with Crippen LogP contribution in [0, 0.1) is 0 Å². The number of carboxylic acids is 1. The minimum atomic E-state index is -3.81. The molecule has 1 unspecified atom stereocenters. The lowest BCUT2D eigenvalue weighted by Gasteiger charge is -2.18. The van der Waals surface area contributed by atoms with Crippen LogP contribution in [-0.2, 0) is 14.8 Å². The number of ether oxygens (including phenoxy) is 2. The van der Waals surface area contributed by atoms with Gasteiger partial charge >= 0.3 is 5.97 Å². The van der Waals surface area contributed by atoms with Gasteiger partial charge in [-0.3, -0.25) is 4.79 Å². The van der Waals surface area contributed by atoms with Gasteiger partial charge in [-0.25, -0.2) is 13.1 Å². The molecule has 1 aromatic heterocycles. The normalized spacial score (nSPS) is 12.6. The highest BCUT2D eigenvalue weighted by molar-refractivity contribution is 7.91. The van der Waals surface area contributed by atoms with E-state index in [9.17, 15) is 13.2 Å². The number of hydrogen-bond acceptors (Lipinski definition) is 6. The predicted molar refractivity (Wildman–Crippen MR) is 89.2 cm³/mol. The zero-order valence-corrected chi connectivity index (χ0v) is 14.7. The van der Waals surface area contributed by atoms with Gasteiger partial charge < -0.3 is 14.6 Å². The molecule has 0 saturated heterocycles. The summed E-state index contributed by atoms with van der Waals surface area (Å²) in [6.07, 6.45) is -0.403. The average molecular weight is 371 g/mol. The number of sulfonamides is 1. The Bertz CT molecular complexity index is 801. The fourth-order valence-electron chi connectivity index (χ4n) is 2.13. The van der Waals surface area contributed by atoms with Crippen LogP contribution >= 0.6 is 11.3 Å². The minimum absolute atomic E-state index is 0.123. The first-order chi connectivity index (χ1) is 11.4. The van der Waals surface area contributed by atoms with Crippen LogP contribution < -0.4 is 14.2 Å². The summed E-state index contributed by atoms with van der Waals surface area (Å²) in [5.41, 5.74) is 0.468. The molecule has 0 saturated carbocycles. The Balaban J connectivity index is 2.37. The third-order valence-corrected chi connectivity index (χ3v) is 6.12. The quantitative estimate of drug-likeness (QED) is 0.738. The molecule has 1 aromatic carbocycles. The van der Waals surface area contributed by atoms with E-state index < -0.39 is 28.5 Å². The smallest absolute Gasteiger partial charge is 0.305 e. The molecule has 9 heteroatoms. The van der Waals surface area contributed by atoms with E-state index in [1.165, 1.54) is 20.3 Å².